The Morgan fingerprint density at radius 2 is 1.90 bits per heavy atom. The Labute approximate surface area is 176 Å². The first-order valence-corrected chi connectivity index (χ1v) is 10.4. The molecule has 1 aliphatic heterocycles. The van der Waals surface area contributed by atoms with Crippen molar-refractivity contribution in [3.05, 3.63) is 84.4 Å². The van der Waals surface area contributed by atoms with Crippen molar-refractivity contribution in [3.8, 4) is 0 Å². The zero-order valence-electron chi connectivity index (χ0n) is 16.8. The number of nitrogens with one attached hydrogen (secondary N) is 1. The number of hydrogen-bond donors (Lipinski definition) is 1. The van der Waals surface area contributed by atoms with Gasteiger partial charge in [-0.2, -0.15) is 0 Å². The number of nitrogens with zero attached hydrogens (tertiary/aromatic N) is 5. The fraction of sp³-hybridized carbons (Fsp3) is 0.250. The summed E-state index contributed by atoms with van der Waals surface area (Å²) in [6.07, 6.45) is 7.76. The summed E-state index contributed by atoms with van der Waals surface area (Å²) in [5.41, 5.74) is 3.47. The predicted molar refractivity (Wildman–Crippen MR) is 119 cm³/mol. The number of hydrogen-bond acceptors (Lipinski definition) is 6. The van der Waals surface area contributed by atoms with E-state index in [0.29, 0.717) is 11.9 Å². The molecule has 4 heterocycles. The fourth-order valence-corrected chi connectivity index (χ4v) is 4.13. The van der Waals surface area contributed by atoms with Crippen LogP contribution in [0.5, 0.6) is 0 Å². The standard InChI is InChI=1S/C24H24N6/c1-2-11-26-23(7-1)29-24-27-13-10-22(28-24)20-6-4-14-30(17-20)16-18-8-9-21-19(15-18)5-3-12-25-21/h1-3,5,7-13,15,20H,4,6,14,16-17H2,(H,26,27,28,29)/t20-/m0/s1. The molecule has 1 fully saturated rings. The van der Waals surface area contributed by atoms with Crippen LogP contribution in [-0.2, 0) is 6.54 Å². The summed E-state index contributed by atoms with van der Waals surface area (Å²) in [7, 11) is 0. The van der Waals surface area contributed by atoms with Gasteiger partial charge in [0, 0.05) is 43.0 Å². The molecule has 0 spiro atoms. The Bertz CT molecular complexity index is 1130. The third-order valence-corrected chi connectivity index (χ3v) is 5.58. The van der Waals surface area contributed by atoms with Gasteiger partial charge in [-0.15, -0.1) is 0 Å². The molecule has 0 aliphatic carbocycles. The van der Waals surface area contributed by atoms with Crippen LogP contribution in [0.3, 0.4) is 0 Å². The van der Waals surface area contributed by atoms with Gasteiger partial charge in [-0.05, 0) is 61.3 Å². The van der Waals surface area contributed by atoms with Gasteiger partial charge in [0.15, 0.2) is 0 Å². The minimum Gasteiger partial charge on any atom is -0.309 e. The van der Waals surface area contributed by atoms with Crippen molar-refractivity contribution in [2.24, 2.45) is 0 Å². The Hall–Kier alpha value is -3.38. The normalized spacial score (nSPS) is 17.1. The molecular formula is C24H24N6. The highest BCUT2D eigenvalue weighted by atomic mass is 15.2. The van der Waals surface area contributed by atoms with Crippen molar-refractivity contribution in [1.82, 2.24) is 24.8 Å². The SMILES string of the molecule is c1ccc(Nc2nccc([C@H]3CCCN(Cc4ccc5ncccc5c4)C3)n2)nc1. The molecule has 1 aliphatic rings. The van der Waals surface area contributed by atoms with Crippen LogP contribution in [0.15, 0.2) is 73.2 Å². The summed E-state index contributed by atoms with van der Waals surface area (Å²) in [4.78, 5) is 20.4. The van der Waals surface area contributed by atoms with Crippen LogP contribution in [0.2, 0.25) is 0 Å². The van der Waals surface area contributed by atoms with E-state index in [1.165, 1.54) is 17.4 Å². The van der Waals surface area contributed by atoms with Gasteiger partial charge in [0.2, 0.25) is 5.95 Å². The molecule has 4 aromatic rings. The van der Waals surface area contributed by atoms with Crippen LogP contribution in [0.4, 0.5) is 11.8 Å². The smallest absolute Gasteiger partial charge is 0.228 e. The van der Waals surface area contributed by atoms with Gasteiger partial charge in [-0.3, -0.25) is 9.88 Å². The van der Waals surface area contributed by atoms with Gasteiger partial charge in [0.05, 0.1) is 11.2 Å². The first kappa shape index (κ1) is 18.6. The highest BCUT2D eigenvalue weighted by Gasteiger charge is 2.23. The van der Waals surface area contributed by atoms with Gasteiger partial charge in [-0.1, -0.05) is 18.2 Å². The van der Waals surface area contributed by atoms with Crippen LogP contribution in [0.1, 0.15) is 30.0 Å². The second-order valence-corrected chi connectivity index (χ2v) is 7.75. The summed E-state index contributed by atoms with van der Waals surface area (Å²) in [5.74, 6) is 1.77. The second-order valence-electron chi connectivity index (χ2n) is 7.75. The summed E-state index contributed by atoms with van der Waals surface area (Å²) < 4.78 is 0. The van der Waals surface area contributed by atoms with Crippen LogP contribution in [0, 0.1) is 0 Å². The summed E-state index contributed by atoms with van der Waals surface area (Å²) in [6.45, 7) is 3.07. The lowest BCUT2D eigenvalue weighted by Crippen LogP contribution is -2.34. The zero-order chi connectivity index (χ0) is 20.2. The molecule has 0 saturated carbocycles. The summed E-state index contributed by atoms with van der Waals surface area (Å²) in [6, 6.07) is 18.5. The summed E-state index contributed by atoms with van der Waals surface area (Å²) in [5, 5.41) is 4.40. The topological polar surface area (TPSA) is 66.8 Å². The van der Waals surface area contributed by atoms with E-state index in [2.05, 4.69) is 49.4 Å². The molecule has 0 amide bonds. The predicted octanol–water partition coefficient (Wildman–Crippen LogP) is 4.54. The molecule has 30 heavy (non-hydrogen) atoms. The van der Waals surface area contributed by atoms with Crippen LogP contribution in [-0.4, -0.2) is 37.9 Å². The molecule has 0 unspecified atom stereocenters. The number of anilines is 2. The lowest BCUT2D eigenvalue weighted by molar-refractivity contribution is 0.198. The Kier molecular flexibility index (Phi) is 5.31. The monoisotopic (exact) mass is 396 g/mol. The maximum atomic E-state index is 4.78. The molecule has 1 aromatic carbocycles. The van der Waals surface area contributed by atoms with E-state index in [1.807, 2.05) is 42.7 Å². The van der Waals surface area contributed by atoms with E-state index >= 15 is 0 Å². The van der Waals surface area contributed by atoms with Gasteiger partial charge in [0.25, 0.3) is 0 Å². The van der Waals surface area contributed by atoms with E-state index in [0.717, 1.165) is 43.1 Å². The lowest BCUT2D eigenvalue weighted by atomic mass is 9.94. The fourth-order valence-electron chi connectivity index (χ4n) is 4.13. The van der Waals surface area contributed by atoms with Crippen molar-refractivity contribution in [1.29, 1.82) is 0 Å². The minimum absolute atomic E-state index is 0.410. The summed E-state index contributed by atoms with van der Waals surface area (Å²) >= 11 is 0. The van der Waals surface area contributed by atoms with Crippen molar-refractivity contribution in [2.75, 3.05) is 18.4 Å². The molecule has 6 heteroatoms. The highest BCUT2D eigenvalue weighted by Crippen LogP contribution is 2.27. The van der Waals surface area contributed by atoms with E-state index in [-0.39, 0.29) is 0 Å². The van der Waals surface area contributed by atoms with E-state index in [1.54, 1.807) is 6.20 Å². The van der Waals surface area contributed by atoms with Gasteiger partial charge in [-0.25, -0.2) is 15.0 Å². The number of benzene rings is 1. The van der Waals surface area contributed by atoms with Crippen molar-refractivity contribution in [3.63, 3.8) is 0 Å². The maximum Gasteiger partial charge on any atom is 0.228 e. The molecule has 3 aromatic heterocycles. The molecule has 150 valence electrons. The van der Waals surface area contributed by atoms with E-state index < -0.39 is 0 Å². The molecular weight excluding hydrogens is 372 g/mol. The van der Waals surface area contributed by atoms with Gasteiger partial charge in [0.1, 0.15) is 5.82 Å². The van der Waals surface area contributed by atoms with Crippen molar-refractivity contribution >= 4 is 22.7 Å². The average Bonchev–Trinajstić information content (AvgIpc) is 2.80. The largest absolute Gasteiger partial charge is 0.309 e. The van der Waals surface area contributed by atoms with Gasteiger partial charge < -0.3 is 5.32 Å². The quantitative estimate of drug-likeness (QED) is 0.534. The molecule has 1 atom stereocenters. The number of likely N-dealkylation sites (tertiary alicyclic amines) is 1. The molecule has 1 N–H and O–H groups in total. The number of fused-ring (bicyclic) bond motifs is 1. The number of rotatable bonds is 5. The molecule has 0 radical (unpaired) electrons. The molecule has 6 nitrogen and oxygen atoms in total. The number of piperidine rings is 1. The van der Waals surface area contributed by atoms with Gasteiger partial charge >= 0.3 is 0 Å². The third-order valence-electron chi connectivity index (χ3n) is 5.58. The number of pyridine rings is 2. The number of aromatic nitrogens is 4. The van der Waals surface area contributed by atoms with Crippen LogP contribution < -0.4 is 5.32 Å². The van der Waals surface area contributed by atoms with Crippen molar-refractivity contribution < 1.29 is 0 Å². The Morgan fingerprint density at radius 3 is 2.83 bits per heavy atom. The van der Waals surface area contributed by atoms with E-state index in [9.17, 15) is 0 Å². The minimum atomic E-state index is 0.410. The molecule has 1 saturated heterocycles. The maximum absolute atomic E-state index is 4.78. The van der Waals surface area contributed by atoms with Crippen LogP contribution >= 0.6 is 0 Å². The lowest BCUT2D eigenvalue weighted by Gasteiger charge is -2.32. The Balaban J connectivity index is 1.28. The first-order valence-electron chi connectivity index (χ1n) is 10.4. The molecule has 5 rings (SSSR count). The highest BCUT2D eigenvalue weighted by molar-refractivity contribution is 5.78. The van der Waals surface area contributed by atoms with Crippen molar-refractivity contribution in [2.45, 2.75) is 25.3 Å². The van der Waals surface area contributed by atoms with E-state index in [4.69, 9.17) is 4.98 Å². The third kappa shape index (κ3) is 4.28. The zero-order valence-corrected chi connectivity index (χ0v) is 16.8. The first-order chi connectivity index (χ1) is 14.8. The Morgan fingerprint density at radius 1 is 0.933 bits per heavy atom. The molecule has 0 bridgehead atoms. The average molecular weight is 396 g/mol. The van der Waals surface area contributed by atoms with Crippen LogP contribution in [0.25, 0.3) is 10.9 Å². The second kappa shape index (κ2) is 8.55.